The van der Waals surface area contributed by atoms with Gasteiger partial charge in [0, 0.05) is 17.8 Å². The molecule has 1 unspecified atom stereocenters. The van der Waals surface area contributed by atoms with Crippen molar-refractivity contribution in [3.8, 4) is 0 Å². The number of carbonyl (C=O) groups excluding carboxylic acids is 1. The predicted molar refractivity (Wildman–Crippen MR) is 74.7 cm³/mol. The Kier molecular flexibility index (Phi) is 3.53. The van der Waals surface area contributed by atoms with Crippen LogP contribution >= 0.6 is 0 Å². The zero-order valence-electron chi connectivity index (χ0n) is 10.6. The number of aromatic nitrogens is 1. The van der Waals surface area contributed by atoms with Crippen LogP contribution in [0.3, 0.4) is 0 Å². The Morgan fingerprint density at radius 1 is 1.26 bits per heavy atom. The van der Waals surface area contributed by atoms with Gasteiger partial charge in [0.05, 0.1) is 11.2 Å². The number of fused-ring (bicyclic) bond motifs is 1. The van der Waals surface area contributed by atoms with Crippen LogP contribution in [0.25, 0.3) is 10.9 Å². The molecule has 0 saturated carbocycles. The van der Waals surface area contributed by atoms with Gasteiger partial charge in [-0.15, -0.1) is 0 Å². The molecule has 1 amide bonds. The largest absolute Gasteiger partial charge is 0.324 e. The fourth-order valence-corrected chi connectivity index (χ4v) is 2.09. The summed E-state index contributed by atoms with van der Waals surface area (Å²) in [4.78, 5) is 16.1. The molecular weight excluding hydrogens is 264 g/mol. The summed E-state index contributed by atoms with van der Waals surface area (Å²) in [5.74, 6) is -0.543. The van der Waals surface area contributed by atoms with Crippen LogP contribution in [0.4, 0.5) is 5.69 Å². The fraction of sp³-hybridized carbons (Fsp3) is 0.231. The molecule has 100 valence electrons. The highest BCUT2D eigenvalue weighted by Crippen LogP contribution is 2.21. The number of carbonyl (C=O) groups is 1. The lowest BCUT2D eigenvalue weighted by Gasteiger charge is -2.12. The Morgan fingerprint density at radius 2 is 2.00 bits per heavy atom. The lowest BCUT2D eigenvalue weighted by Crippen LogP contribution is -2.31. The molecule has 1 aromatic carbocycles. The van der Waals surface area contributed by atoms with Crippen LogP contribution in [0, 0.1) is 0 Å². The van der Waals surface area contributed by atoms with Crippen molar-refractivity contribution >= 4 is 32.3 Å². The van der Waals surface area contributed by atoms with Crippen molar-refractivity contribution in [3.05, 3.63) is 36.5 Å². The van der Waals surface area contributed by atoms with Gasteiger partial charge < -0.3 is 5.32 Å². The Hall–Kier alpha value is -1.95. The van der Waals surface area contributed by atoms with Crippen molar-refractivity contribution in [2.45, 2.75) is 12.2 Å². The molecule has 2 aromatic rings. The lowest BCUT2D eigenvalue weighted by molar-refractivity contribution is -0.115. The van der Waals surface area contributed by atoms with Gasteiger partial charge >= 0.3 is 0 Å². The van der Waals surface area contributed by atoms with E-state index in [1.807, 2.05) is 12.1 Å². The third-order valence-electron chi connectivity index (χ3n) is 2.92. The number of nitrogens with zero attached hydrogens (tertiary/aromatic N) is 1. The van der Waals surface area contributed by atoms with Crippen LogP contribution < -0.4 is 5.32 Å². The molecule has 0 aliphatic carbocycles. The number of amides is 1. The molecule has 1 atom stereocenters. The van der Waals surface area contributed by atoms with Gasteiger partial charge in [0.25, 0.3) is 0 Å². The first-order valence-electron chi connectivity index (χ1n) is 5.73. The SMILES string of the molecule is CC(C(=O)Nc1cccc2ncccc12)S(C)(=O)=O. The van der Waals surface area contributed by atoms with Crippen LogP contribution in [0.1, 0.15) is 6.92 Å². The second kappa shape index (κ2) is 4.97. The van der Waals surface area contributed by atoms with Crippen molar-refractivity contribution in [3.63, 3.8) is 0 Å². The van der Waals surface area contributed by atoms with Crippen molar-refractivity contribution in [1.82, 2.24) is 4.98 Å². The zero-order valence-corrected chi connectivity index (χ0v) is 11.4. The normalized spacial score (nSPS) is 13.2. The number of anilines is 1. The summed E-state index contributed by atoms with van der Waals surface area (Å²) in [6.45, 7) is 1.37. The van der Waals surface area contributed by atoms with Crippen molar-refractivity contribution < 1.29 is 13.2 Å². The Morgan fingerprint density at radius 3 is 2.68 bits per heavy atom. The van der Waals surface area contributed by atoms with Gasteiger partial charge in [0.2, 0.25) is 5.91 Å². The monoisotopic (exact) mass is 278 g/mol. The standard InChI is InChI=1S/C13H14N2O3S/c1-9(19(2,17)18)13(16)15-12-7-3-6-11-10(12)5-4-8-14-11/h3-9H,1-2H3,(H,15,16). The summed E-state index contributed by atoms with van der Waals surface area (Å²) < 4.78 is 22.7. The molecule has 5 nitrogen and oxygen atoms in total. The van der Waals surface area contributed by atoms with Crippen LogP contribution in [0.15, 0.2) is 36.5 Å². The second-order valence-electron chi connectivity index (χ2n) is 4.34. The molecule has 0 aliphatic rings. The first kappa shape index (κ1) is 13.5. The first-order chi connectivity index (χ1) is 8.89. The molecule has 1 N–H and O–H groups in total. The highest BCUT2D eigenvalue weighted by Gasteiger charge is 2.23. The van der Waals surface area contributed by atoms with E-state index in [4.69, 9.17) is 0 Å². The Labute approximate surface area is 111 Å². The number of rotatable bonds is 3. The number of benzene rings is 1. The van der Waals surface area contributed by atoms with E-state index < -0.39 is 21.0 Å². The van der Waals surface area contributed by atoms with Gasteiger partial charge in [-0.2, -0.15) is 0 Å². The number of hydrogen-bond donors (Lipinski definition) is 1. The average molecular weight is 278 g/mol. The molecule has 6 heteroatoms. The highest BCUT2D eigenvalue weighted by molar-refractivity contribution is 7.92. The van der Waals surface area contributed by atoms with E-state index >= 15 is 0 Å². The Bertz CT molecular complexity index is 720. The number of hydrogen-bond acceptors (Lipinski definition) is 4. The summed E-state index contributed by atoms with van der Waals surface area (Å²) in [7, 11) is -3.40. The van der Waals surface area contributed by atoms with E-state index in [1.54, 1.807) is 24.4 Å². The third kappa shape index (κ3) is 2.90. The molecule has 0 aliphatic heterocycles. The predicted octanol–water partition coefficient (Wildman–Crippen LogP) is 1.61. The maximum absolute atomic E-state index is 11.9. The van der Waals surface area contributed by atoms with Crippen LogP contribution in [-0.4, -0.2) is 30.8 Å². The minimum absolute atomic E-state index is 0.543. The lowest BCUT2D eigenvalue weighted by atomic mass is 10.2. The molecule has 1 heterocycles. The molecule has 1 aromatic heterocycles. The average Bonchev–Trinajstić information content (AvgIpc) is 2.37. The molecule has 0 fully saturated rings. The number of sulfone groups is 1. The highest BCUT2D eigenvalue weighted by atomic mass is 32.2. The number of pyridine rings is 1. The van der Waals surface area contributed by atoms with Gasteiger partial charge in [-0.3, -0.25) is 9.78 Å². The van der Waals surface area contributed by atoms with Gasteiger partial charge in [-0.25, -0.2) is 8.42 Å². The van der Waals surface area contributed by atoms with Crippen molar-refractivity contribution in [1.29, 1.82) is 0 Å². The van der Waals surface area contributed by atoms with Crippen LogP contribution in [-0.2, 0) is 14.6 Å². The summed E-state index contributed by atoms with van der Waals surface area (Å²) in [6.07, 6.45) is 2.70. The van der Waals surface area contributed by atoms with Gasteiger partial charge in [-0.05, 0) is 31.2 Å². The van der Waals surface area contributed by atoms with E-state index in [0.29, 0.717) is 5.69 Å². The van der Waals surface area contributed by atoms with E-state index in [9.17, 15) is 13.2 Å². The summed E-state index contributed by atoms with van der Waals surface area (Å²) in [6, 6.07) is 8.89. The molecule has 0 bridgehead atoms. The minimum Gasteiger partial charge on any atom is -0.324 e. The van der Waals surface area contributed by atoms with Crippen LogP contribution in [0.2, 0.25) is 0 Å². The first-order valence-corrected chi connectivity index (χ1v) is 7.68. The van der Waals surface area contributed by atoms with E-state index in [2.05, 4.69) is 10.3 Å². The van der Waals surface area contributed by atoms with E-state index in [1.165, 1.54) is 6.92 Å². The summed E-state index contributed by atoms with van der Waals surface area (Å²) in [5.41, 5.74) is 1.30. The molecule has 0 spiro atoms. The maximum Gasteiger partial charge on any atom is 0.242 e. The number of nitrogens with one attached hydrogen (secondary N) is 1. The van der Waals surface area contributed by atoms with Gasteiger partial charge in [-0.1, -0.05) is 6.07 Å². The molecular formula is C13H14N2O3S. The topological polar surface area (TPSA) is 76.1 Å². The smallest absolute Gasteiger partial charge is 0.242 e. The minimum atomic E-state index is -3.40. The van der Waals surface area contributed by atoms with Crippen molar-refractivity contribution in [2.75, 3.05) is 11.6 Å². The maximum atomic E-state index is 11.9. The summed E-state index contributed by atoms with van der Waals surface area (Å²) >= 11 is 0. The molecule has 2 rings (SSSR count). The van der Waals surface area contributed by atoms with Crippen LogP contribution in [0.5, 0.6) is 0 Å². The molecule has 0 saturated heterocycles. The molecule has 0 radical (unpaired) electrons. The van der Waals surface area contributed by atoms with Gasteiger partial charge in [0.1, 0.15) is 5.25 Å². The zero-order chi connectivity index (χ0) is 14.0. The molecule has 19 heavy (non-hydrogen) atoms. The quantitative estimate of drug-likeness (QED) is 0.925. The second-order valence-corrected chi connectivity index (χ2v) is 6.70. The van der Waals surface area contributed by atoms with Crippen molar-refractivity contribution in [2.24, 2.45) is 0 Å². The fourth-order valence-electron chi connectivity index (χ4n) is 1.64. The van der Waals surface area contributed by atoms with Gasteiger partial charge in [0.15, 0.2) is 9.84 Å². The van der Waals surface area contributed by atoms with E-state index in [0.717, 1.165) is 17.2 Å². The van der Waals surface area contributed by atoms with E-state index in [-0.39, 0.29) is 0 Å². The summed E-state index contributed by atoms with van der Waals surface area (Å²) in [5, 5.41) is 2.33. The Balaban J connectivity index is 2.35. The third-order valence-corrected chi connectivity index (χ3v) is 4.41.